The summed E-state index contributed by atoms with van der Waals surface area (Å²) < 4.78 is 0. The van der Waals surface area contributed by atoms with E-state index in [4.69, 9.17) is 0 Å². The summed E-state index contributed by atoms with van der Waals surface area (Å²) in [6.07, 6.45) is 1.99. The Kier molecular flexibility index (Phi) is 6.63. The molecule has 1 aliphatic rings. The molecule has 0 spiro atoms. The molecule has 1 fully saturated rings. The number of benzene rings is 1. The fourth-order valence-electron chi connectivity index (χ4n) is 3.42. The Morgan fingerprint density at radius 3 is 2.26 bits per heavy atom. The molecule has 27 heavy (non-hydrogen) atoms. The number of nitrogens with zero attached hydrogens (tertiary/aromatic N) is 2. The van der Waals surface area contributed by atoms with Crippen LogP contribution in [0.25, 0.3) is 0 Å². The van der Waals surface area contributed by atoms with Crippen LogP contribution in [0.1, 0.15) is 51.7 Å². The zero-order valence-electron chi connectivity index (χ0n) is 17.0. The molecule has 1 aromatic carbocycles. The third-order valence-corrected chi connectivity index (χ3v) is 5.56. The predicted molar refractivity (Wildman–Crippen MR) is 105 cm³/mol. The number of carbonyl (C=O) groups excluding carboxylic acids is 3. The van der Waals surface area contributed by atoms with Gasteiger partial charge in [-0.3, -0.25) is 14.5 Å². The van der Waals surface area contributed by atoms with Gasteiger partial charge in [0.25, 0.3) is 5.91 Å². The van der Waals surface area contributed by atoms with Gasteiger partial charge in [0, 0.05) is 13.1 Å². The van der Waals surface area contributed by atoms with E-state index in [9.17, 15) is 14.4 Å². The van der Waals surface area contributed by atoms with Gasteiger partial charge in [0.05, 0.1) is 0 Å². The van der Waals surface area contributed by atoms with Crippen molar-refractivity contribution in [3.8, 4) is 0 Å². The van der Waals surface area contributed by atoms with E-state index in [-0.39, 0.29) is 18.4 Å². The predicted octanol–water partition coefficient (Wildman–Crippen LogP) is 3.05. The van der Waals surface area contributed by atoms with E-state index in [1.807, 2.05) is 38.1 Å². The lowest BCUT2D eigenvalue weighted by atomic mass is 9.91. The summed E-state index contributed by atoms with van der Waals surface area (Å²) in [5.41, 5.74) is 0.647. The van der Waals surface area contributed by atoms with Gasteiger partial charge in [0.2, 0.25) is 5.91 Å². The number of urea groups is 1. The van der Waals surface area contributed by atoms with Gasteiger partial charge in [-0.2, -0.15) is 0 Å². The molecule has 0 saturated carbocycles. The average Bonchev–Trinajstić information content (AvgIpc) is 2.87. The van der Waals surface area contributed by atoms with Gasteiger partial charge >= 0.3 is 6.03 Å². The van der Waals surface area contributed by atoms with Crippen LogP contribution < -0.4 is 5.32 Å². The highest BCUT2D eigenvalue weighted by Gasteiger charge is 2.49. The molecule has 0 bridgehead atoms. The molecule has 6 nitrogen and oxygen atoms in total. The van der Waals surface area contributed by atoms with E-state index < -0.39 is 11.6 Å². The molecular weight excluding hydrogens is 342 g/mol. The van der Waals surface area contributed by atoms with E-state index in [2.05, 4.69) is 19.2 Å². The highest BCUT2D eigenvalue weighted by atomic mass is 16.2. The van der Waals surface area contributed by atoms with Crippen LogP contribution in [-0.4, -0.2) is 47.3 Å². The molecule has 148 valence electrons. The minimum atomic E-state index is -1.14. The van der Waals surface area contributed by atoms with Crippen molar-refractivity contribution in [3.05, 3.63) is 35.4 Å². The molecule has 1 unspecified atom stereocenters. The third kappa shape index (κ3) is 4.31. The number of rotatable bonds is 8. The largest absolute Gasteiger partial charge is 0.341 e. The Morgan fingerprint density at radius 1 is 1.15 bits per heavy atom. The first-order valence-corrected chi connectivity index (χ1v) is 9.75. The van der Waals surface area contributed by atoms with Gasteiger partial charge in [-0.15, -0.1) is 0 Å². The zero-order valence-corrected chi connectivity index (χ0v) is 17.0. The van der Waals surface area contributed by atoms with Crippen molar-refractivity contribution in [1.82, 2.24) is 15.1 Å². The maximum atomic E-state index is 13.0. The van der Waals surface area contributed by atoms with Gasteiger partial charge in [0.1, 0.15) is 12.1 Å². The molecule has 0 radical (unpaired) electrons. The fraction of sp³-hybridized carbons (Fsp3) is 0.571. The monoisotopic (exact) mass is 373 g/mol. The van der Waals surface area contributed by atoms with Crippen LogP contribution in [0.2, 0.25) is 0 Å². The number of hydrogen-bond acceptors (Lipinski definition) is 3. The SMILES string of the molecule is CCC(CC)CN(CC)C(=O)CN1C(=O)NC(C)(c2ccc(C)cc2)C1=O. The molecular formula is C21H31N3O3. The highest BCUT2D eigenvalue weighted by Crippen LogP contribution is 2.29. The topological polar surface area (TPSA) is 69.7 Å². The normalized spacial score (nSPS) is 19.6. The number of carbonyl (C=O) groups is 3. The molecule has 0 aliphatic carbocycles. The minimum Gasteiger partial charge on any atom is -0.341 e. The van der Waals surface area contributed by atoms with Crippen molar-refractivity contribution >= 4 is 17.8 Å². The number of imide groups is 1. The molecule has 4 amide bonds. The van der Waals surface area contributed by atoms with Gasteiger partial charge in [-0.1, -0.05) is 56.5 Å². The van der Waals surface area contributed by atoms with Crippen LogP contribution in [0, 0.1) is 12.8 Å². The van der Waals surface area contributed by atoms with Crippen LogP contribution in [0.4, 0.5) is 4.79 Å². The minimum absolute atomic E-state index is 0.193. The lowest BCUT2D eigenvalue weighted by Crippen LogP contribution is -2.45. The first kappa shape index (κ1) is 20.9. The number of nitrogens with one attached hydrogen (secondary N) is 1. The summed E-state index contributed by atoms with van der Waals surface area (Å²) in [6, 6.07) is 6.97. The number of aryl methyl sites for hydroxylation is 1. The second kappa shape index (κ2) is 8.55. The molecule has 1 saturated heterocycles. The molecule has 0 aromatic heterocycles. The Morgan fingerprint density at radius 2 is 1.74 bits per heavy atom. The van der Waals surface area contributed by atoms with Crippen molar-refractivity contribution in [1.29, 1.82) is 0 Å². The first-order chi connectivity index (χ1) is 12.8. The van der Waals surface area contributed by atoms with Gasteiger partial charge in [-0.25, -0.2) is 4.79 Å². The van der Waals surface area contributed by atoms with E-state index in [0.29, 0.717) is 24.6 Å². The highest BCUT2D eigenvalue weighted by molar-refractivity contribution is 6.09. The van der Waals surface area contributed by atoms with Crippen molar-refractivity contribution in [2.75, 3.05) is 19.6 Å². The molecule has 1 N–H and O–H groups in total. The summed E-state index contributed by atoms with van der Waals surface area (Å²) in [5, 5.41) is 2.76. The van der Waals surface area contributed by atoms with E-state index in [1.165, 1.54) is 0 Å². The van der Waals surface area contributed by atoms with Gasteiger partial charge in [0.15, 0.2) is 0 Å². The second-order valence-electron chi connectivity index (χ2n) is 7.43. The average molecular weight is 373 g/mol. The quantitative estimate of drug-likeness (QED) is 0.712. The maximum absolute atomic E-state index is 13.0. The van der Waals surface area contributed by atoms with Crippen LogP contribution >= 0.6 is 0 Å². The van der Waals surface area contributed by atoms with Crippen molar-refractivity contribution in [2.45, 2.75) is 53.0 Å². The summed E-state index contributed by atoms with van der Waals surface area (Å²) in [6.45, 7) is 10.8. The summed E-state index contributed by atoms with van der Waals surface area (Å²) >= 11 is 0. The lowest BCUT2D eigenvalue weighted by molar-refractivity contribution is -0.139. The Bertz CT molecular complexity index is 697. The molecule has 2 rings (SSSR count). The van der Waals surface area contributed by atoms with Gasteiger partial charge in [-0.05, 0) is 32.3 Å². The Hall–Kier alpha value is -2.37. The van der Waals surface area contributed by atoms with Crippen molar-refractivity contribution in [2.24, 2.45) is 5.92 Å². The summed E-state index contributed by atoms with van der Waals surface area (Å²) in [4.78, 5) is 40.9. The standard InChI is InChI=1S/C21H31N3O3/c1-6-16(7-2)13-23(8-3)18(25)14-24-19(26)21(5,22-20(24)27)17-11-9-15(4)10-12-17/h9-12,16H,6-8,13-14H2,1-5H3,(H,22,27). The maximum Gasteiger partial charge on any atom is 0.325 e. The zero-order chi connectivity index (χ0) is 20.2. The van der Waals surface area contributed by atoms with Crippen LogP contribution in [0.5, 0.6) is 0 Å². The molecule has 1 aromatic rings. The Labute approximate surface area is 161 Å². The van der Waals surface area contributed by atoms with Crippen LogP contribution in [0.3, 0.4) is 0 Å². The van der Waals surface area contributed by atoms with Crippen LogP contribution in [0.15, 0.2) is 24.3 Å². The number of amides is 4. The molecule has 1 heterocycles. The Balaban J connectivity index is 2.14. The third-order valence-electron chi connectivity index (χ3n) is 5.56. The number of likely N-dealkylation sites (N-methyl/N-ethyl adjacent to an activating group) is 1. The van der Waals surface area contributed by atoms with Crippen LogP contribution in [-0.2, 0) is 15.1 Å². The lowest BCUT2D eigenvalue weighted by Gasteiger charge is -2.27. The summed E-state index contributed by atoms with van der Waals surface area (Å²) in [7, 11) is 0. The molecule has 6 heteroatoms. The van der Waals surface area contributed by atoms with E-state index >= 15 is 0 Å². The number of hydrogen-bond donors (Lipinski definition) is 1. The second-order valence-corrected chi connectivity index (χ2v) is 7.43. The van der Waals surface area contributed by atoms with Crippen molar-refractivity contribution < 1.29 is 14.4 Å². The fourth-order valence-corrected chi connectivity index (χ4v) is 3.42. The van der Waals surface area contributed by atoms with E-state index in [1.54, 1.807) is 11.8 Å². The summed E-state index contributed by atoms with van der Waals surface area (Å²) in [5.74, 6) is -0.154. The van der Waals surface area contributed by atoms with Gasteiger partial charge < -0.3 is 10.2 Å². The smallest absolute Gasteiger partial charge is 0.325 e. The van der Waals surface area contributed by atoms with E-state index in [0.717, 1.165) is 23.3 Å². The van der Waals surface area contributed by atoms with Crippen molar-refractivity contribution in [3.63, 3.8) is 0 Å². The first-order valence-electron chi connectivity index (χ1n) is 9.75. The molecule has 1 atom stereocenters. The molecule has 1 aliphatic heterocycles.